The molecule has 0 aliphatic rings. The number of hydrogen-bond donors (Lipinski definition) is 2. The van der Waals surface area contributed by atoms with Crippen LogP contribution in [0.15, 0.2) is 54.0 Å². The van der Waals surface area contributed by atoms with Crippen LogP contribution in [0.3, 0.4) is 0 Å². The maximum absolute atomic E-state index is 12.1. The van der Waals surface area contributed by atoms with Crippen molar-refractivity contribution in [3.8, 4) is 0 Å². The summed E-state index contributed by atoms with van der Waals surface area (Å²) in [5, 5.41) is 7.89. The van der Waals surface area contributed by atoms with Gasteiger partial charge in [-0.2, -0.15) is 0 Å². The summed E-state index contributed by atoms with van der Waals surface area (Å²) in [5.41, 5.74) is 1.45. The van der Waals surface area contributed by atoms with E-state index in [0.717, 1.165) is 5.69 Å². The second-order valence-electron chi connectivity index (χ2n) is 5.00. The fourth-order valence-electron chi connectivity index (χ4n) is 1.97. The van der Waals surface area contributed by atoms with E-state index in [4.69, 9.17) is 11.6 Å². The van der Waals surface area contributed by atoms with Crippen LogP contribution in [-0.2, 0) is 6.54 Å². The average molecular weight is 373 g/mol. The highest BCUT2D eigenvalue weighted by molar-refractivity contribution is 7.14. The first-order valence-corrected chi connectivity index (χ1v) is 8.58. The summed E-state index contributed by atoms with van der Waals surface area (Å²) in [5.74, 6) is -0.639. The zero-order valence-electron chi connectivity index (χ0n) is 12.9. The number of nitrogens with one attached hydrogen (secondary N) is 2. The lowest BCUT2D eigenvalue weighted by atomic mass is 10.2. The zero-order chi connectivity index (χ0) is 17.6. The van der Waals surface area contributed by atoms with Crippen molar-refractivity contribution >= 4 is 39.9 Å². The molecule has 2 N–H and O–H groups in total. The summed E-state index contributed by atoms with van der Waals surface area (Å²) < 4.78 is 0. The van der Waals surface area contributed by atoms with Crippen LogP contribution in [0.2, 0.25) is 5.02 Å². The van der Waals surface area contributed by atoms with Crippen molar-refractivity contribution in [1.29, 1.82) is 0 Å². The second kappa shape index (κ2) is 7.87. The number of anilines is 1. The molecule has 0 aliphatic heterocycles. The molecular formula is C17H13ClN4O2S. The molecule has 2 heterocycles. The molecule has 0 saturated carbocycles. The van der Waals surface area contributed by atoms with Crippen LogP contribution in [0, 0.1) is 0 Å². The van der Waals surface area contributed by atoms with Crippen LogP contribution in [0.25, 0.3) is 0 Å². The smallest absolute Gasteiger partial charge is 0.271 e. The van der Waals surface area contributed by atoms with E-state index in [1.165, 1.54) is 11.3 Å². The SMILES string of the molecule is O=C(Nc1nc(C(=O)NCc2ccccn2)cs1)c1ccc(Cl)cc1. The number of pyridine rings is 1. The first-order valence-electron chi connectivity index (χ1n) is 7.32. The van der Waals surface area contributed by atoms with Gasteiger partial charge in [0.05, 0.1) is 12.2 Å². The Morgan fingerprint density at radius 2 is 1.88 bits per heavy atom. The molecule has 0 radical (unpaired) electrons. The van der Waals surface area contributed by atoms with E-state index >= 15 is 0 Å². The molecule has 2 amide bonds. The highest BCUT2D eigenvalue weighted by Gasteiger charge is 2.13. The van der Waals surface area contributed by atoms with Gasteiger partial charge in [-0.15, -0.1) is 11.3 Å². The van der Waals surface area contributed by atoms with Crippen LogP contribution in [0.5, 0.6) is 0 Å². The van der Waals surface area contributed by atoms with Crippen molar-refractivity contribution in [2.45, 2.75) is 6.54 Å². The van der Waals surface area contributed by atoms with E-state index < -0.39 is 0 Å². The normalized spacial score (nSPS) is 10.3. The summed E-state index contributed by atoms with van der Waals surface area (Å²) in [6.45, 7) is 0.309. The van der Waals surface area contributed by atoms with Gasteiger partial charge in [0.2, 0.25) is 0 Å². The lowest BCUT2D eigenvalue weighted by Crippen LogP contribution is -2.23. The van der Waals surface area contributed by atoms with Gasteiger partial charge in [-0.3, -0.25) is 19.9 Å². The van der Waals surface area contributed by atoms with Gasteiger partial charge < -0.3 is 5.32 Å². The van der Waals surface area contributed by atoms with Crippen molar-refractivity contribution in [2.24, 2.45) is 0 Å². The highest BCUT2D eigenvalue weighted by Crippen LogP contribution is 2.17. The molecule has 0 aliphatic carbocycles. The lowest BCUT2D eigenvalue weighted by molar-refractivity contribution is 0.0944. The number of amides is 2. The number of carbonyl (C=O) groups is 2. The molecule has 0 spiro atoms. The number of hydrogen-bond acceptors (Lipinski definition) is 5. The van der Waals surface area contributed by atoms with E-state index in [2.05, 4.69) is 20.6 Å². The molecule has 0 saturated heterocycles. The van der Waals surface area contributed by atoms with Gasteiger partial charge in [0.1, 0.15) is 5.69 Å². The van der Waals surface area contributed by atoms with Gasteiger partial charge >= 0.3 is 0 Å². The fraction of sp³-hybridized carbons (Fsp3) is 0.0588. The van der Waals surface area contributed by atoms with Crippen LogP contribution >= 0.6 is 22.9 Å². The van der Waals surface area contributed by atoms with Crippen LogP contribution in [-0.4, -0.2) is 21.8 Å². The zero-order valence-corrected chi connectivity index (χ0v) is 14.5. The number of rotatable bonds is 5. The Morgan fingerprint density at radius 1 is 1.08 bits per heavy atom. The summed E-state index contributed by atoms with van der Waals surface area (Å²) in [7, 11) is 0. The average Bonchev–Trinajstić information content (AvgIpc) is 3.09. The Morgan fingerprint density at radius 3 is 2.60 bits per heavy atom. The third-order valence-electron chi connectivity index (χ3n) is 3.22. The van der Waals surface area contributed by atoms with E-state index in [1.54, 1.807) is 41.9 Å². The second-order valence-corrected chi connectivity index (χ2v) is 6.30. The first kappa shape index (κ1) is 17.1. The first-order chi connectivity index (χ1) is 12.1. The lowest BCUT2D eigenvalue weighted by Gasteiger charge is -2.03. The molecule has 0 atom stereocenters. The van der Waals surface area contributed by atoms with Gasteiger partial charge in [-0.05, 0) is 36.4 Å². The monoisotopic (exact) mass is 372 g/mol. The molecule has 2 aromatic heterocycles. The summed E-state index contributed by atoms with van der Waals surface area (Å²) >= 11 is 6.98. The molecule has 0 bridgehead atoms. The minimum atomic E-state index is -0.325. The molecule has 126 valence electrons. The number of aromatic nitrogens is 2. The van der Waals surface area contributed by atoms with Crippen LogP contribution < -0.4 is 10.6 Å². The predicted molar refractivity (Wildman–Crippen MR) is 96.9 cm³/mol. The van der Waals surface area contributed by atoms with Crippen molar-refractivity contribution in [3.05, 3.63) is 76.0 Å². The number of thiazole rings is 1. The molecule has 3 aromatic rings. The summed E-state index contributed by atoms with van der Waals surface area (Å²) in [4.78, 5) is 32.5. The van der Waals surface area contributed by atoms with Crippen molar-refractivity contribution < 1.29 is 9.59 Å². The number of halogens is 1. The molecule has 25 heavy (non-hydrogen) atoms. The standard InChI is InChI=1S/C17H13ClN4O2S/c18-12-6-4-11(5-7-12)15(23)22-17-21-14(10-25-17)16(24)20-9-13-3-1-2-8-19-13/h1-8,10H,9H2,(H,20,24)(H,21,22,23). The van der Waals surface area contributed by atoms with Gasteiger partial charge in [-0.25, -0.2) is 4.98 Å². The number of carbonyl (C=O) groups excluding carboxylic acids is 2. The Bertz CT molecular complexity index is 881. The summed E-state index contributed by atoms with van der Waals surface area (Å²) in [6.07, 6.45) is 1.66. The molecule has 3 rings (SSSR count). The van der Waals surface area contributed by atoms with Crippen molar-refractivity contribution in [1.82, 2.24) is 15.3 Å². The van der Waals surface area contributed by atoms with Gasteiger partial charge in [0, 0.05) is 22.2 Å². The van der Waals surface area contributed by atoms with E-state index in [-0.39, 0.29) is 17.5 Å². The van der Waals surface area contributed by atoms with E-state index in [0.29, 0.717) is 22.3 Å². The van der Waals surface area contributed by atoms with Crippen LogP contribution in [0.1, 0.15) is 26.5 Å². The predicted octanol–water partition coefficient (Wildman–Crippen LogP) is 3.37. The Balaban J connectivity index is 1.59. The third-order valence-corrected chi connectivity index (χ3v) is 4.23. The minimum absolute atomic E-state index is 0.243. The summed E-state index contributed by atoms with van der Waals surface area (Å²) in [6, 6.07) is 12.0. The topological polar surface area (TPSA) is 84.0 Å². The molecule has 8 heteroatoms. The fourth-order valence-corrected chi connectivity index (χ4v) is 2.78. The number of benzene rings is 1. The molecule has 1 aromatic carbocycles. The number of nitrogens with zero attached hydrogens (tertiary/aromatic N) is 2. The van der Waals surface area contributed by atoms with E-state index in [9.17, 15) is 9.59 Å². The largest absolute Gasteiger partial charge is 0.345 e. The molecule has 0 fully saturated rings. The van der Waals surface area contributed by atoms with Gasteiger partial charge in [-0.1, -0.05) is 17.7 Å². The quantitative estimate of drug-likeness (QED) is 0.719. The van der Waals surface area contributed by atoms with E-state index in [1.807, 2.05) is 12.1 Å². The van der Waals surface area contributed by atoms with Crippen molar-refractivity contribution in [2.75, 3.05) is 5.32 Å². The maximum atomic E-state index is 12.1. The third kappa shape index (κ3) is 4.62. The molecular weight excluding hydrogens is 360 g/mol. The molecule has 6 nitrogen and oxygen atoms in total. The van der Waals surface area contributed by atoms with Crippen molar-refractivity contribution in [3.63, 3.8) is 0 Å². The van der Waals surface area contributed by atoms with Gasteiger partial charge in [0.25, 0.3) is 11.8 Å². The Labute approximate surface area is 152 Å². The Hall–Kier alpha value is -2.77. The molecule has 0 unspecified atom stereocenters. The van der Waals surface area contributed by atoms with Crippen LogP contribution in [0.4, 0.5) is 5.13 Å². The van der Waals surface area contributed by atoms with Gasteiger partial charge in [0.15, 0.2) is 5.13 Å². The maximum Gasteiger partial charge on any atom is 0.271 e. The highest BCUT2D eigenvalue weighted by atomic mass is 35.5. The Kier molecular flexibility index (Phi) is 5.37. The minimum Gasteiger partial charge on any atom is -0.345 e.